The number of carbonyl (C=O) groups is 1. The first-order valence-electron chi connectivity index (χ1n) is 8.08. The van der Waals surface area contributed by atoms with Gasteiger partial charge in [0.05, 0.1) is 23.3 Å². The number of nitrogens with one attached hydrogen (secondary N) is 1. The third kappa shape index (κ3) is 2.36. The predicted molar refractivity (Wildman–Crippen MR) is 91.4 cm³/mol. The van der Waals surface area contributed by atoms with Gasteiger partial charge in [-0.1, -0.05) is 6.07 Å². The van der Waals surface area contributed by atoms with Crippen LogP contribution in [0.25, 0.3) is 11.0 Å². The van der Waals surface area contributed by atoms with Gasteiger partial charge in [-0.15, -0.1) is 0 Å². The minimum Gasteiger partial charge on any atom is -0.350 e. The van der Waals surface area contributed by atoms with Crippen molar-refractivity contribution in [1.82, 2.24) is 24.2 Å². The molecule has 0 unspecified atom stereocenters. The SMILES string of the molecule is CN1C(=O)C[C@@H](Nc2nc3c(F)cccc3n2C)[C@@H]1c1ccnn1C. The van der Waals surface area contributed by atoms with E-state index in [1.807, 2.05) is 30.8 Å². The quantitative estimate of drug-likeness (QED) is 0.788. The Bertz CT molecular complexity index is 961. The molecule has 1 fully saturated rings. The van der Waals surface area contributed by atoms with Gasteiger partial charge in [-0.2, -0.15) is 5.10 Å². The van der Waals surface area contributed by atoms with Gasteiger partial charge in [0.1, 0.15) is 5.52 Å². The zero-order valence-electron chi connectivity index (χ0n) is 14.3. The maximum Gasteiger partial charge on any atom is 0.225 e. The van der Waals surface area contributed by atoms with E-state index in [0.717, 1.165) is 5.69 Å². The van der Waals surface area contributed by atoms with Crippen LogP contribution < -0.4 is 5.32 Å². The number of aryl methyl sites for hydroxylation is 2. The highest BCUT2D eigenvalue weighted by molar-refractivity contribution is 5.82. The molecule has 0 radical (unpaired) electrons. The van der Waals surface area contributed by atoms with Crippen molar-refractivity contribution in [3.63, 3.8) is 0 Å². The van der Waals surface area contributed by atoms with E-state index in [1.54, 1.807) is 28.9 Å². The van der Waals surface area contributed by atoms with Crippen molar-refractivity contribution in [3.05, 3.63) is 42.0 Å². The van der Waals surface area contributed by atoms with E-state index in [1.165, 1.54) is 6.07 Å². The van der Waals surface area contributed by atoms with Crippen molar-refractivity contribution in [2.75, 3.05) is 12.4 Å². The van der Waals surface area contributed by atoms with Crippen LogP contribution in [0.4, 0.5) is 10.3 Å². The molecule has 0 saturated carbocycles. The van der Waals surface area contributed by atoms with Gasteiger partial charge in [0.25, 0.3) is 0 Å². The molecule has 25 heavy (non-hydrogen) atoms. The maximum atomic E-state index is 14.0. The van der Waals surface area contributed by atoms with E-state index in [4.69, 9.17) is 0 Å². The molecule has 3 heterocycles. The molecule has 0 spiro atoms. The highest BCUT2D eigenvalue weighted by Crippen LogP contribution is 2.34. The molecular formula is C17H19FN6O. The number of aromatic nitrogens is 4. The Morgan fingerprint density at radius 2 is 2.04 bits per heavy atom. The van der Waals surface area contributed by atoms with E-state index < -0.39 is 0 Å². The lowest BCUT2D eigenvalue weighted by Crippen LogP contribution is -2.32. The summed E-state index contributed by atoms with van der Waals surface area (Å²) < 4.78 is 17.6. The standard InChI is InChI=1S/C17H19FN6O/c1-22-12-6-4-5-10(18)15(12)21-17(22)20-11-9-14(25)23(2)16(11)13-7-8-19-24(13)3/h4-8,11,16H,9H2,1-3H3,(H,20,21)/t11-,16-/m1/s1. The number of likely N-dealkylation sites (tertiary alicyclic amines) is 1. The van der Waals surface area contributed by atoms with Crippen LogP contribution in [-0.4, -0.2) is 43.2 Å². The molecule has 3 aromatic rings. The second-order valence-corrected chi connectivity index (χ2v) is 6.39. The normalized spacial score (nSPS) is 20.6. The topological polar surface area (TPSA) is 68.0 Å². The Morgan fingerprint density at radius 1 is 1.24 bits per heavy atom. The average Bonchev–Trinajstić information content (AvgIpc) is 3.21. The smallest absolute Gasteiger partial charge is 0.225 e. The number of likely N-dealkylation sites (N-methyl/N-ethyl adjacent to an activating group) is 1. The molecule has 1 saturated heterocycles. The number of hydrogen-bond acceptors (Lipinski definition) is 4. The van der Waals surface area contributed by atoms with Crippen LogP contribution in [-0.2, 0) is 18.9 Å². The van der Waals surface area contributed by atoms with Gasteiger partial charge >= 0.3 is 0 Å². The number of halogens is 1. The number of amides is 1. The highest BCUT2D eigenvalue weighted by Gasteiger charge is 2.40. The third-order valence-corrected chi connectivity index (χ3v) is 4.92. The molecule has 0 aliphatic carbocycles. The molecule has 1 aromatic carbocycles. The Kier molecular flexibility index (Phi) is 3.48. The largest absolute Gasteiger partial charge is 0.350 e. The van der Waals surface area contributed by atoms with Crippen molar-refractivity contribution >= 4 is 22.9 Å². The van der Waals surface area contributed by atoms with Crippen LogP contribution in [0.2, 0.25) is 0 Å². The molecular weight excluding hydrogens is 323 g/mol. The first-order valence-corrected chi connectivity index (χ1v) is 8.08. The molecule has 4 rings (SSSR count). The summed E-state index contributed by atoms with van der Waals surface area (Å²) in [4.78, 5) is 18.4. The monoisotopic (exact) mass is 342 g/mol. The van der Waals surface area contributed by atoms with Crippen LogP contribution in [0.1, 0.15) is 18.2 Å². The maximum absolute atomic E-state index is 14.0. The molecule has 8 heteroatoms. The summed E-state index contributed by atoms with van der Waals surface area (Å²) in [6.07, 6.45) is 2.06. The first kappa shape index (κ1) is 15.6. The van der Waals surface area contributed by atoms with Crippen LogP contribution in [0.5, 0.6) is 0 Å². The van der Waals surface area contributed by atoms with E-state index in [0.29, 0.717) is 23.4 Å². The summed E-state index contributed by atoms with van der Waals surface area (Å²) in [6, 6.07) is 6.44. The molecule has 130 valence electrons. The summed E-state index contributed by atoms with van der Waals surface area (Å²) >= 11 is 0. The second-order valence-electron chi connectivity index (χ2n) is 6.39. The number of fused-ring (bicyclic) bond motifs is 1. The zero-order valence-corrected chi connectivity index (χ0v) is 14.3. The summed E-state index contributed by atoms with van der Waals surface area (Å²) in [5.41, 5.74) is 1.97. The van der Waals surface area contributed by atoms with Gasteiger partial charge in [-0.25, -0.2) is 9.37 Å². The lowest BCUT2D eigenvalue weighted by molar-refractivity contribution is -0.127. The summed E-state index contributed by atoms with van der Waals surface area (Å²) in [5.74, 6) is 0.234. The fraction of sp³-hybridized carbons (Fsp3) is 0.353. The van der Waals surface area contributed by atoms with Gasteiger partial charge in [-0.3, -0.25) is 9.48 Å². The fourth-order valence-corrected chi connectivity index (χ4v) is 3.55. The molecule has 1 aliphatic rings. The molecule has 2 aromatic heterocycles. The Morgan fingerprint density at radius 3 is 2.72 bits per heavy atom. The highest BCUT2D eigenvalue weighted by atomic mass is 19.1. The van der Waals surface area contributed by atoms with Crippen molar-refractivity contribution < 1.29 is 9.18 Å². The van der Waals surface area contributed by atoms with Gasteiger partial charge in [-0.05, 0) is 18.2 Å². The average molecular weight is 342 g/mol. The fourth-order valence-electron chi connectivity index (χ4n) is 3.55. The lowest BCUT2D eigenvalue weighted by atomic mass is 10.1. The van der Waals surface area contributed by atoms with E-state index in [-0.39, 0.29) is 23.8 Å². The van der Waals surface area contributed by atoms with Crippen molar-refractivity contribution in [3.8, 4) is 0 Å². The molecule has 0 bridgehead atoms. The Balaban J connectivity index is 1.72. The van der Waals surface area contributed by atoms with Crippen LogP contribution in [0.3, 0.4) is 0 Å². The summed E-state index contributed by atoms with van der Waals surface area (Å²) in [6.45, 7) is 0. The number of para-hydroxylation sites is 1. The first-order chi connectivity index (χ1) is 12.0. The molecule has 1 amide bonds. The van der Waals surface area contributed by atoms with Gasteiger partial charge in [0, 0.05) is 33.8 Å². The van der Waals surface area contributed by atoms with Crippen molar-refractivity contribution in [2.45, 2.75) is 18.5 Å². The molecule has 1 N–H and O–H groups in total. The van der Waals surface area contributed by atoms with Crippen LogP contribution in [0, 0.1) is 5.82 Å². The van der Waals surface area contributed by atoms with Crippen LogP contribution >= 0.6 is 0 Å². The third-order valence-electron chi connectivity index (χ3n) is 4.92. The molecule has 2 atom stereocenters. The predicted octanol–water partition coefficient (Wildman–Crippen LogP) is 1.83. The summed E-state index contributed by atoms with van der Waals surface area (Å²) in [7, 11) is 5.47. The van der Waals surface area contributed by atoms with E-state index >= 15 is 0 Å². The van der Waals surface area contributed by atoms with E-state index in [2.05, 4.69) is 15.4 Å². The number of benzene rings is 1. The van der Waals surface area contributed by atoms with Crippen molar-refractivity contribution in [1.29, 1.82) is 0 Å². The second kappa shape index (κ2) is 5.58. The summed E-state index contributed by atoms with van der Waals surface area (Å²) in [5, 5.41) is 7.54. The number of carbonyl (C=O) groups excluding carboxylic acids is 1. The molecule has 7 nitrogen and oxygen atoms in total. The minimum atomic E-state index is -0.357. The minimum absolute atomic E-state index is 0.0497. The van der Waals surface area contributed by atoms with Gasteiger partial charge < -0.3 is 14.8 Å². The number of anilines is 1. The zero-order chi connectivity index (χ0) is 17.7. The van der Waals surface area contributed by atoms with Crippen molar-refractivity contribution in [2.24, 2.45) is 14.1 Å². The van der Waals surface area contributed by atoms with Gasteiger partial charge in [0.2, 0.25) is 11.9 Å². The van der Waals surface area contributed by atoms with Gasteiger partial charge in [0.15, 0.2) is 5.82 Å². The molecule has 1 aliphatic heterocycles. The lowest BCUT2D eigenvalue weighted by Gasteiger charge is -2.25. The van der Waals surface area contributed by atoms with E-state index in [9.17, 15) is 9.18 Å². The Labute approximate surface area is 144 Å². The number of imidazole rings is 1. The number of hydrogen-bond donors (Lipinski definition) is 1. The number of rotatable bonds is 3. The number of nitrogens with zero attached hydrogens (tertiary/aromatic N) is 5. The Hall–Kier alpha value is -2.90. The van der Waals surface area contributed by atoms with Crippen LogP contribution in [0.15, 0.2) is 30.5 Å².